The van der Waals surface area contributed by atoms with E-state index in [1.165, 1.54) is 0 Å². The van der Waals surface area contributed by atoms with E-state index < -0.39 is 23.4 Å². The van der Waals surface area contributed by atoms with Gasteiger partial charge in [-0.2, -0.15) is 20.3 Å². The van der Waals surface area contributed by atoms with E-state index in [1.807, 2.05) is 12.4 Å². The monoisotopic (exact) mass is 482 g/mol. The van der Waals surface area contributed by atoms with E-state index in [-0.39, 0.29) is 11.4 Å². The van der Waals surface area contributed by atoms with Crippen LogP contribution < -0.4 is 9.80 Å². The van der Waals surface area contributed by atoms with Gasteiger partial charge in [-0.25, -0.2) is 9.59 Å². The maximum absolute atomic E-state index is 12.5. The lowest BCUT2D eigenvalue weighted by atomic mass is 10.1. The first-order valence-corrected chi connectivity index (χ1v) is 10.9. The van der Waals surface area contributed by atoms with Crippen LogP contribution in [0, 0.1) is 46.6 Å². The highest BCUT2D eigenvalue weighted by Crippen LogP contribution is 2.23. The number of anilines is 2. The van der Waals surface area contributed by atoms with Crippen LogP contribution >= 0.6 is 0 Å². The van der Waals surface area contributed by atoms with E-state index in [2.05, 4.69) is 23.7 Å². The third-order valence-electron chi connectivity index (χ3n) is 4.10. The lowest BCUT2D eigenvalue weighted by molar-refractivity contribution is 0.0588. The molecule has 0 aromatic heterocycles. The van der Waals surface area contributed by atoms with Crippen LogP contribution in [0.2, 0.25) is 0 Å². The van der Waals surface area contributed by atoms with Crippen LogP contribution in [0.15, 0.2) is 48.5 Å². The summed E-state index contributed by atoms with van der Waals surface area (Å²) in [7, 11) is 0. The highest BCUT2D eigenvalue weighted by atomic mass is 16.6. The highest BCUT2D eigenvalue weighted by Gasteiger charge is 2.26. The third-order valence-corrected chi connectivity index (χ3v) is 4.10. The van der Waals surface area contributed by atoms with Crippen LogP contribution in [0.1, 0.15) is 52.7 Å². The lowest BCUT2D eigenvalue weighted by Crippen LogP contribution is -2.34. The summed E-state index contributed by atoms with van der Waals surface area (Å²) in [6, 6.07) is 13.2. The minimum absolute atomic E-state index is 0.254. The van der Waals surface area contributed by atoms with Crippen LogP contribution in [0.3, 0.4) is 0 Å². The standard InChI is InChI=1S/C28H26N4O4/c1-27(2,3)35-25(33)31(19-29)23-17-11-9-15-21(23)13-7-8-14-22-16-10-12-18-24(22)32(20-30)26(34)36-28(4,5)6/h9-12,15-18H,1-6H3. The molecule has 2 aromatic rings. The molecule has 0 N–H and O–H groups in total. The highest BCUT2D eigenvalue weighted by molar-refractivity contribution is 5.93. The maximum atomic E-state index is 12.5. The molecule has 0 aliphatic rings. The van der Waals surface area contributed by atoms with Crippen molar-refractivity contribution in [3.05, 3.63) is 59.7 Å². The van der Waals surface area contributed by atoms with E-state index in [1.54, 1.807) is 90.1 Å². The second-order valence-corrected chi connectivity index (χ2v) is 9.37. The molecule has 0 heterocycles. The Labute approximate surface area is 211 Å². The third kappa shape index (κ3) is 7.84. The van der Waals surface area contributed by atoms with Gasteiger partial charge < -0.3 is 9.47 Å². The Morgan fingerprint density at radius 3 is 1.31 bits per heavy atom. The first kappa shape index (κ1) is 27.3. The fourth-order valence-electron chi connectivity index (χ4n) is 2.75. The molecule has 2 aromatic carbocycles. The molecule has 0 spiro atoms. The minimum Gasteiger partial charge on any atom is -0.443 e. The molecule has 0 bridgehead atoms. The normalized spacial score (nSPS) is 10.2. The van der Waals surface area contributed by atoms with Crippen LogP contribution in [-0.4, -0.2) is 23.4 Å². The molecule has 0 aliphatic heterocycles. The number of carbonyl (C=O) groups excluding carboxylic acids is 2. The van der Waals surface area contributed by atoms with E-state index in [4.69, 9.17) is 9.47 Å². The zero-order valence-electron chi connectivity index (χ0n) is 21.0. The van der Waals surface area contributed by atoms with Gasteiger partial charge in [0, 0.05) is 0 Å². The van der Waals surface area contributed by atoms with Crippen molar-refractivity contribution in [2.75, 3.05) is 9.80 Å². The molecule has 0 radical (unpaired) electrons. The fraction of sp³-hybridized carbons (Fsp3) is 0.286. The second kappa shape index (κ2) is 11.5. The average Bonchev–Trinajstić information content (AvgIpc) is 2.77. The van der Waals surface area contributed by atoms with Gasteiger partial charge in [0.2, 0.25) is 0 Å². The number of ether oxygens (including phenoxy) is 2. The smallest absolute Gasteiger partial charge is 0.428 e. The van der Waals surface area contributed by atoms with Crippen LogP contribution in [0.5, 0.6) is 0 Å². The topological polar surface area (TPSA) is 107 Å². The maximum Gasteiger partial charge on any atom is 0.428 e. The van der Waals surface area contributed by atoms with Crippen molar-refractivity contribution in [3.63, 3.8) is 0 Å². The molecule has 0 saturated carbocycles. The van der Waals surface area contributed by atoms with Crippen molar-refractivity contribution in [3.8, 4) is 36.1 Å². The number of nitriles is 2. The number of hydrogen-bond donors (Lipinski definition) is 0. The van der Waals surface area contributed by atoms with E-state index in [0.717, 1.165) is 9.80 Å². The summed E-state index contributed by atoms with van der Waals surface area (Å²) in [5.74, 6) is 11.1. The first-order chi connectivity index (χ1) is 16.9. The predicted molar refractivity (Wildman–Crippen MR) is 135 cm³/mol. The Bertz CT molecular complexity index is 1240. The Kier molecular flexibility index (Phi) is 8.71. The molecule has 0 fully saturated rings. The van der Waals surface area contributed by atoms with Gasteiger partial charge >= 0.3 is 12.2 Å². The Hall–Kier alpha value is -4.92. The summed E-state index contributed by atoms with van der Waals surface area (Å²) in [6.07, 6.45) is 2.01. The molecule has 0 aliphatic carbocycles. The molecule has 8 nitrogen and oxygen atoms in total. The van der Waals surface area contributed by atoms with Crippen molar-refractivity contribution in [1.29, 1.82) is 10.5 Å². The summed E-state index contributed by atoms with van der Waals surface area (Å²) in [6.45, 7) is 10.2. The Balaban J connectivity index is 2.37. The van der Waals surface area contributed by atoms with Crippen LogP contribution in [-0.2, 0) is 9.47 Å². The number of benzene rings is 2. The fourth-order valence-corrected chi connectivity index (χ4v) is 2.75. The van der Waals surface area contributed by atoms with Gasteiger partial charge in [0.1, 0.15) is 11.2 Å². The van der Waals surface area contributed by atoms with Crippen molar-refractivity contribution in [1.82, 2.24) is 0 Å². The van der Waals surface area contributed by atoms with Crippen LogP contribution in [0.25, 0.3) is 0 Å². The second-order valence-electron chi connectivity index (χ2n) is 9.37. The number of rotatable bonds is 2. The Morgan fingerprint density at radius 2 is 1.00 bits per heavy atom. The van der Waals surface area contributed by atoms with E-state index in [0.29, 0.717) is 11.1 Å². The van der Waals surface area contributed by atoms with Gasteiger partial charge in [-0.05, 0) is 77.6 Å². The number of para-hydroxylation sites is 2. The van der Waals surface area contributed by atoms with Gasteiger partial charge in [0.25, 0.3) is 0 Å². The van der Waals surface area contributed by atoms with Gasteiger partial charge in [-0.3, -0.25) is 0 Å². The first-order valence-electron chi connectivity index (χ1n) is 10.9. The Morgan fingerprint density at radius 1 is 0.667 bits per heavy atom. The summed E-state index contributed by atoms with van der Waals surface area (Å²) >= 11 is 0. The van der Waals surface area contributed by atoms with Crippen LogP contribution in [0.4, 0.5) is 21.0 Å². The largest absolute Gasteiger partial charge is 0.443 e. The van der Waals surface area contributed by atoms with Gasteiger partial charge in [0.05, 0.1) is 22.5 Å². The molecule has 0 unspecified atom stereocenters. The molecule has 182 valence electrons. The number of nitrogens with zero attached hydrogens (tertiary/aromatic N) is 4. The summed E-state index contributed by atoms with van der Waals surface area (Å²) in [5, 5.41) is 19.1. The van der Waals surface area contributed by atoms with E-state index in [9.17, 15) is 20.1 Å². The average molecular weight is 483 g/mol. The zero-order chi connectivity index (χ0) is 26.9. The summed E-state index contributed by atoms with van der Waals surface area (Å²) in [4.78, 5) is 26.6. The molecular weight excluding hydrogens is 456 g/mol. The van der Waals surface area contributed by atoms with E-state index >= 15 is 0 Å². The number of amides is 2. The summed E-state index contributed by atoms with van der Waals surface area (Å²) in [5.41, 5.74) is -0.265. The van der Waals surface area contributed by atoms with Gasteiger partial charge in [-0.1, -0.05) is 36.1 Å². The molecule has 36 heavy (non-hydrogen) atoms. The van der Waals surface area contributed by atoms with Gasteiger partial charge in [-0.15, -0.1) is 0 Å². The predicted octanol–water partition coefficient (Wildman–Crippen LogP) is 5.53. The lowest BCUT2D eigenvalue weighted by Gasteiger charge is -2.23. The SMILES string of the molecule is CC(C)(C)OC(=O)N(C#N)c1ccccc1C#CC#Cc1ccccc1N(C#N)C(=O)OC(C)(C)C. The van der Waals surface area contributed by atoms with Gasteiger partial charge in [0.15, 0.2) is 12.4 Å². The number of hydrogen-bond acceptors (Lipinski definition) is 6. The van der Waals surface area contributed by atoms with Crippen molar-refractivity contribution in [2.24, 2.45) is 0 Å². The molecule has 2 amide bonds. The van der Waals surface area contributed by atoms with Crippen molar-refractivity contribution in [2.45, 2.75) is 52.7 Å². The number of carbonyl (C=O) groups is 2. The molecular formula is C28H26N4O4. The molecule has 8 heteroatoms. The minimum atomic E-state index is -0.821. The summed E-state index contributed by atoms with van der Waals surface area (Å²) < 4.78 is 10.6. The molecule has 2 rings (SSSR count). The molecule has 0 saturated heterocycles. The molecule has 0 atom stereocenters. The van der Waals surface area contributed by atoms with Crippen molar-refractivity contribution < 1.29 is 19.1 Å². The van der Waals surface area contributed by atoms with Crippen molar-refractivity contribution >= 4 is 23.6 Å². The zero-order valence-corrected chi connectivity index (χ0v) is 21.0. The quantitative estimate of drug-likeness (QED) is 0.316.